The lowest BCUT2D eigenvalue weighted by atomic mass is 10.6. The molecule has 6 nitrogen and oxygen atoms in total. The Morgan fingerprint density at radius 2 is 1.23 bits per heavy atom. The molecule has 0 amide bonds. The summed E-state index contributed by atoms with van der Waals surface area (Å²) in [7, 11) is 5.77. The Morgan fingerprint density at radius 1 is 1.00 bits per heavy atom. The van der Waals surface area contributed by atoms with Gasteiger partial charge in [-0.15, -0.1) is 10.2 Å². The topological polar surface area (TPSA) is 95.5 Å². The van der Waals surface area contributed by atoms with Gasteiger partial charge in [0.05, 0.1) is 21.1 Å². The molecule has 0 aliphatic heterocycles. The summed E-state index contributed by atoms with van der Waals surface area (Å²) >= 11 is 0. The first-order chi connectivity index (χ1) is 5.42. The van der Waals surface area contributed by atoms with E-state index >= 15 is 0 Å². The van der Waals surface area contributed by atoms with Crippen LogP contribution in [0.15, 0.2) is 0 Å². The van der Waals surface area contributed by atoms with E-state index in [1.807, 2.05) is 0 Å². The second kappa shape index (κ2) is 5.71. The van der Waals surface area contributed by atoms with Crippen molar-refractivity contribution < 1.29 is 33.4 Å². The molecule has 0 aromatic rings. The quantitative estimate of drug-likeness (QED) is 0.342. The Morgan fingerprint density at radius 3 is 1.23 bits per heavy atom. The van der Waals surface area contributed by atoms with E-state index in [0.717, 1.165) is 11.2 Å². The Hall–Kier alpha value is 0.0500. The normalized spacial score (nSPS) is 12.5. The van der Waals surface area contributed by atoms with Gasteiger partial charge in [-0.05, 0) is 14.1 Å². The molecular formula is C6H17ClN2O4. The average Bonchev–Trinajstić information content (AvgIpc) is 1.47. The van der Waals surface area contributed by atoms with E-state index in [4.69, 9.17) is 18.6 Å². The monoisotopic (exact) mass is 216 g/mol. The van der Waals surface area contributed by atoms with E-state index in [0.29, 0.717) is 0 Å². The zero-order chi connectivity index (χ0) is 11.3. The van der Waals surface area contributed by atoms with Crippen molar-refractivity contribution in [2.75, 3.05) is 41.9 Å². The van der Waals surface area contributed by atoms with Gasteiger partial charge in [0.2, 0.25) is 0 Å². The van der Waals surface area contributed by atoms with E-state index < -0.39 is 10.2 Å². The molecule has 0 radical (unpaired) electrons. The van der Waals surface area contributed by atoms with Crippen molar-refractivity contribution in [3.8, 4) is 0 Å². The van der Waals surface area contributed by atoms with Crippen molar-refractivity contribution in [3.05, 3.63) is 0 Å². The number of quaternary nitrogens is 1. The highest BCUT2D eigenvalue weighted by molar-refractivity contribution is 4.23. The second-order valence-corrected chi connectivity index (χ2v) is 4.65. The number of halogens is 1. The van der Waals surface area contributed by atoms with Gasteiger partial charge in [-0.3, -0.25) is 4.90 Å². The van der Waals surface area contributed by atoms with Gasteiger partial charge >= 0.3 is 0 Å². The number of hydrogen-bond acceptors (Lipinski definition) is 5. The zero-order valence-electron chi connectivity index (χ0n) is 8.61. The lowest BCUT2D eigenvalue weighted by molar-refractivity contribution is -2.00. The molecule has 0 saturated carbocycles. The molecular weight excluding hydrogens is 200 g/mol. The predicted molar refractivity (Wildman–Crippen MR) is 36.6 cm³/mol. The summed E-state index contributed by atoms with van der Waals surface area (Å²) in [5, 5.41) is 0. The van der Waals surface area contributed by atoms with E-state index in [9.17, 15) is 0 Å². The van der Waals surface area contributed by atoms with Crippen molar-refractivity contribution in [3.63, 3.8) is 0 Å². The van der Waals surface area contributed by atoms with Gasteiger partial charge in [0.25, 0.3) is 0 Å². The molecule has 82 valence electrons. The summed E-state index contributed by atoms with van der Waals surface area (Å²) in [5.41, 5.74) is 0. The lowest BCUT2D eigenvalue weighted by Crippen LogP contribution is -2.68. The minimum Gasteiger partial charge on any atom is -0.318 e. The number of rotatable bonds is 2. The van der Waals surface area contributed by atoms with Gasteiger partial charge in [-0.25, -0.2) is 18.6 Å². The maximum absolute atomic E-state index is 8.49. The standard InChI is InChI=1S/C6H17N2.ClHO4/c1-7(2)6-8(3,4)5;2-1(3,4)5/h6H2,1-5H3;(H,2,3,4,5)/q+1;/p-1. The summed E-state index contributed by atoms with van der Waals surface area (Å²) in [4.78, 5) is 2.18. The fourth-order valence-corrected chi connectivity index (χ4v) is 0.849. The molecule has 13 heavy (non-hydrogen) atoms. The van der Waals surface area contributed by atoms with Crippen LogP contribution < -0.4 is 18.6 Å². The van der Waals surface area contributed by atoms with E-state index in [-0.39, 0.29) is 0 Å². The molecule has 0 rings (SSSR count). The van der Waals surface area contributed by atoms with Crippen molar-refractivity contribution >= 4 is 0 Å². The van der Waals surface area contributed by atoms with Gasteiger partial charge < -0.3 is 4.48 Å². The van der Waals surface area contributed by atoms with Crippen LogP contribution in [0.3, 0.4) is 0 Å². The molecule has 0 N–H and O–H groups in total. The Bertz CT molecular complexity index is 124. The highest BCUT2D eigenvalue weighted by Gasteiger charge is 2.05. The minimum absolute atomic E-state index is 1.01. The zero-order valence-corrected chi connectivity index (χ0v) is 9.37. The molecule has 0 aromatic carbocycles. The minimum atomic E-state index is -4.94. The van der Waals surface area contributed by atoms with E-state index in [2.05, 4.69) is 40.1 Å². The van der Waals surface area contributed by atoms with E-state index in [1.54, 1.807) is 0 Å². The maximum atomic E-state index is 8.49. The molecule has 0 atom stereocenters. The van der Waals surface area contributed by atoms with Crippen LogP contribution in [0.1, 0.15) is 0 Å². The van der Waals surface area contributed by atoms with Crippen molar-refractivity contribution in [2.45, 2.75) is 0 Å². The Balaban J connectivity index is 0. The number of nitrogens with zero attached hydrogens (tertiary/aromatic N) is 2. The summed E-state index contributed by atoms with van der Waals surface area (Å²) in [6.45, 7) is 1.10. The fourth-order valence-electron chi connectivity index (χ4n) is 0.849. The summed E-state index contributed by atoms with van der Waals surface area (Å²) < 4.78 is 35.0. The van der Waals surface area contributed by atoms with Gasteiger partial charge in [-0.2, -0.15) is 0 Å². The smallest absolute Gasteiger partial charge is 0.133 e. The van der Waals surface area contributed by atoms with Crippen LogP contribution >= 0.6 is 0 Å². The van der Waals surface area contributed by atoms with Crippen LogP contribution in [-0.2, 0) is 0 Å². The van der Waals surface area contributed by atoms with Gasteiger partial charge in [0.1, 0.15) is 6.67 Å². The van der Waals surface area contributed by atoms with Gasteiger partial charge in [0, 0.05) is 0 Å². The molecule has 7 heteroatoms. The first-order valence-electron chi connectivity index (χ1n) is 3.49. The molecule has 0 aliphatic rings. The highest BCUT2D eigenvalue weighted by atomic mass is 35.7. The maximum Gasteiger partial charge on any atom is 0.133 e. The van der Waals surface area contributed by atoms with Crippen molar-refractivity contribution in [2.24, 2.45) is 0 Å². The first-order valence-corrected chi connectivity index (χ1v) is 4.72. The third-order valence-electron chi connectivity index (χ3n) is 0.707. The second-order valence-electron chi connectivity index (χ2n) is 3.89. The van der Waals surface area contributed by atoms with Crippen LogP contribution in [0.5, 0.6) is 0 Å². The van der Waals surface area contributed by atoms with E-state index in [1.165, 1.54) is 0 Å². The third kappa shape index (κ3) is 47.7. The largest absolute Gasteiger partial charge is 0.318 e. The average molecular weight is 217 g/mol. The van der Waals surface area contributed by atoms with Crippen molar-refractivity contribution in [1.29, 1.82) is 0 Å². The van der Waals surface area contributed by atoms with Crippen LogP contribution in [-0.4, -0.2) is 51.3 Å². The highest BCUT2D eigenvalue weighted by Crippen LogP contribution is 1.89. The third-order valence-corrected chi connectivity index (χ3v) is 0.707. The molecule has 0 bridgehead atoms. The first kappa shape index (κ1) is 15.5. The summed E-state index contributed by atoms with van der Waals surface area (Å²) in [5.74, 6) is 0. The summed E-state index contributed by atoms with van der Waals surface area (Å²) in [6.07, 6.45) is 0. The molecule has 0 fully saturated rings. The Kier molecular flexibility index (Phi) is 6.82. The Labute approximate surface area is 80.9 Å². The van der Waals surface area contributed by atoms with Crippen molar-refractivity contribution in [1.82, 2.24) is 4.90 Å². The predicted octanol–water partition coefficient (Wildman–Crippen LogP) is -4.54. The molecule has 0 saturated heterocycles. The van der Waals surface area contributed by atoms with Crippen LogP contribution in [0.2, 0.25) is 0 Å². The number of hydrogen-bond donors (Lipinski definition) is 0. The fraction of sp³-hybridized carbons (Fsp3) is 1.00. The SMILES string of the molecule is CN(C)C[N+](C)(C)C.[O-][Cl+3]([O-])([O-])[O-]. The van der Waals surface area contributed by atoms with Gasteiger partial charge in [-0.1, -0.05) is 0 Å². The molecule has 0 heterocycles. The van der Waals surface area contributed by atoms with Gasteiger partial charge in [0.15, 0.2) is 0 Å². The molecule has 0 aromatic heterocycles. The van der Waals surface area contributed by atoms with Crippen LogP contribution in [0.4, 0.5) is 0 Å². The molecule has 0 aliphatic carbocycles. The molecule has 0 unspecified atom stereocenters. The lowest BCUT2D eigenvalue weighted by Gasteiger charge is -2.27. The van der Waals surface area contributed by atoms with Crippen LogP contribution in [0, 0.1) is 10.2 Å². The molecule has 0 spiro atoms. The van der Waals surface area contributed by atoms with Crippen LogP contribution in [0.25, 0.3) is 0 Å². The summed E-state index contributed by atoms with van der Waals surface area (Å²) in [6, 6.07) is 0.